The normalized spacial score (nSPS) is 22.6. The summed E-state index contributed by atoms with van der Waals surface area (Å²) in [5.74, 6) is -1.75. The van der Waals surface area contributed by atoms with Crippen LogP contribution in [-0.4, -0.2) is 66.5 Å². The van der Waals surface area contributed by atoms with E-state index in [1.54, 1.807) is 0 Å². The number of carbonyl (C=O) groups is 2. The Morgan fingerprint density at radius 2 is 1.95 bits per heavy atom. The monoisotopic (exact) mass is 306 g/mol. The molecule has 0 aromatic heterocycles. The second-order valence-corrected chi connectivity index (χ2v) is 8.29. The van der Waals surface area contributed by atoms with Gasteiger partial charge in [-0.25, -0.2) is 8.42 Å². The van der Waals surface area contributed by atoms with Crippen molar-refractivity contribution in [3.63, 3.8) is 0 Å². The molecule has 116 valence electrons. The van der Waals surface area contributed by atoms with Crippen LogP contribution < -0.4 is 5.32 Å². The van der Waals surface area contributed by atoms with Gasteiger partial charge in [0, 0.05) is 12.1 Å². The first-order chi connectivity index (χ1) is 9.00. The smallest absolute Gasteiger partial charge is 0.305 e. The van der Waals surface area contributed by atoms with E-state index in [1.807, 2.05) is 20.8 Å². The van der Waals surface area contributed by atoms with Crippen LogP contribution in [0.25, 0.3) is 0 Å². The van der Waals surface area contributed by atoms with Crippen molar-refractivity contribution in [3.8, 4) is 0 Å². The summed E-state index contributed by atoms with van der Waals surface area (Å²) >= 11 is 0. The molecule has 1 heterocycles. The third-order valence-corrected chi connectivity index (χ3v) is 4.73. The van der Waals surface area contributed by atoms with Crippen LogP contribution in [-0.2, 0) is 19.4 Å². The van der Waals surface area contributed by atoms with Crippen molar-refractivity contribution in [2.45, 2.75) is 38.8 Å². The molecule has 0 aromatic rings. The summed E-state index contributed by atoms with van der Waals surface area (Å²) in [5.41, 5.74) is -0.236. The van der Waals surface area contributed by atoms with Crippen LogP contribution in [0.15, 0.2) is 0 Å². The Morgan fingerprint density at radius 1 is 1.35 bits per heavy atom. The van der Waals surface area contributed by atoms with E-state index in [0.717, 1.165) is 0 Å². The highest BCUT2D eigenvalue weighted by molar-refractivity contribution is 7.91. The van der Waals surface area contributed by atoms with Gasteiger partial charge in [-0.1, -0.05) is 0 Å². The predicted molar refractivity (Wildman–Crippen MR) is 74.2 cm³/mol. The van der Waals surface area contributed by atoms with Gasteiger partial charge in [0.2, 0.25) is 5.91 Å². The number of carbonyl (C=O) groups excluding carboxylic acids is 1. The molecular formula is C12H22N2O5S. The first-order valence-electron chi connectivity index (χ1n) is 6.47. The van der Waals surface area contributed by atoms with Gasteiger partial charge in [0.1, 0.15) is 0 Å². The average molecular weight is 306 g/mol. The fraction of sp³-hybridized carbons (Fsp3) is 0.833. The molecule has 0 aromatic carbocycles. The molecule has 0 radical (unpaired) electrons. The molecule has 1 rings (SSSR count). The number of amides is 1. The lowest BCUT2D eigenvalue weighted by molar-refractivity contribution is -0.140. The van der Waals surface area contributed by atoms with Crippen molar-refractivity contribution in [1.29, 1.82) is 0 Å². The number of sulfone groups is 1. The first kappa shape index (κ1) is 16.9. The van der Waals surface area contributed by atoms with E-state index < -0.39 is 21.8 Å². The number of nitrogens with one attached hydrogen (secondary N) is 1. The highest BCUT2D eigenvalue weighted by Gasteiger charge is 2.35. The van der Waals surface area contributed by atoms with E-state index in [9.17, 15) is 18.0 Å². The zero-order valence-electron chi connectivity index (χ0n) is 12.0. The van der Waals surface area contributed by atoms with Crippen molar-refractivity contribution in [1.82, 2.24) is 10.2 Å². The fourth-order valence-electron chi connectivity index (χ4n) is 2.03. The molecule has 0 bridgehead atoms. The summed E-state index contributed by atoms with van der Waals surface area (Å²) in [5, 5.41) is 11.9. The number of carboxylic acids is 1. The van der Waals surface area contributed by atoms with E-state index in [0.29, 0.717) is 0 Å². The van der Waals surface area contributed by atoms with Crippen molar-refractivity contribution >= 4 is 21.7 Å². The van der Waals surface area contributed by atoms with E-state index in [2.05, 4.69) is 5.32 Å². The van der Waals surface area contributed by atoms with Gasteiger partial charge in [-0.3, -0.25) is 9.59 Å². The lowest BCUT2D eigenvalue weighted by Crippen LogP contribution is -2.55. The molecule has 1 aliphatic heterocycles. The standard InChI is InChI=1S/C12H22N2O5S/c1-12(2,3)13-7-10(15)14-4-5-20(18,19)8-9(14)6-11(16)17/h9,13H,4-8H2,1-3H3,(H,16,17). The van der Waals surface area contributed by atoms with E-state index in [1.165, 1.54) is 4.90 Å². The van der Waals surface area contributed by atoms with Gasteiger partial charge < -0.3 is 15.3 Å². The molecule has 0 saturated carbocycles. The highest BCUT2D eigenvalue weighted by Crippen LogP contribution is 2.15. The molecule has 2 N–H and O–H groups in total. The van der Waals surface area contributed by atoms with E-state index in [4.69, 9.17) is 5.11 Å². The van der Waals surface area contributed by atoms with Crippen LogP contribution in [0.5, 0.6) is 0 Å². The number of hydrogen-bond acceptors (Lipinski definition) is 5. The molecule has 0 spiro atoms. The lowest BCUT2D eigenvalue weighted by Gasteiger charge is -2.35. The third kappa shape index (κ3) is 5.46. The molecule has 1 unspecified atom stereocenters. The van der Waals surface area contributed by atoms with Crippen LogP contribution in [0, 0.1) is 0 Å². The maximum atomic E-state index is 12.1. The Hall–Kier alpha value is -1.15. The first-order valence-corrected chi connectivity index (χ1v) is 8.29. The molecule has 1 atom stereocenters. The van der Waals surface area contributed by atoms with Gasteiger partial charge in [0.25, 0.3) is 0 Å². The summed E-state index contributed by atoms with van der Waals surface area (Å²) in [6.07, 6.45) is -0.347. The van der Waals surface area contributed by atoms with Gasteiger partial charge >= 0.3 is 5.97 Å². The SMILES string of the molecule is CC(C)(C)NCC(=O)N1CCS(=O)(=O)CC1CC(=O)O. The fourth-order valence-corrected chi connectivity index (χ4v) is 3.55. The Balaban J connectivity index is 2.74. The maximum Gasteiger partial charge on any atom is 0.305 e. The zero-order valence-corrected chi connectivity index (χ0v) is 12.9. The zero-order chi connectivity index (χ0) is 15.6. The van der Waals surface area contributed by atoms with E-state index in [-0.39, 0.29) is 42.5 Å². The molecule has 0 aliphatic carbocycles. The van der Waals surface area contributed by atoms with Crippen molar-refractivity contribution < 1.29 is 23.1 Å². The number of nitrogens with zero attached hydrogens (tertiary/aromatic N) is 1. The van der Waals surface area contributed by atoms with Crippen molar-refractivity contribution in [3.05, 3.63) is 0 Å². The average Bonchev–Trinajstić information content (AvgIpc) is 2.23. The summed E-state index contributed by atoms with van der Waals surface area (Å²) < 4.78 is 23.2. The molecule has 7 nitrogen and oxygen atoms in total. The van der Waals surface area contributed by atoms with Crippen LogP contribution in [0.4, 0.5) is 0 Å². The second-order valence-electron chi connectivity index (χ2n) is 6.06. The van der Waals surface area contributed by atoms with Crippen LogP contribution >= 0.6 is 0 Å². The minimum atomic E-state index is -3.26. The molecule has 20 heavy (non-hydrogen) atoms. The lowest BCUT2D eigenvalue weighted by atomic mass is 10.1. The van der Waals surface area contributed by atoms with Gasteiger partial charge in [-0.2, -0.15) is 0 Å². The van der Waals surface area contributed by atoms with Crippen LogP contribution in [0.3, 0.4) is 0 Å². The number of carboxylic acid groups (broad SMARTS) is 1. The summed E-state index contributed by atoms with van der Waals surface area (Å²) in [4.78, 5) is 24.3. The highest BCUT2D eigenvalue weighted by atomic mass is 32.2. The van der Waals surface area contributed by atoms with Gasteiger partial charge in [0.15, 0.2) is 9.84 Å². The molecule has 1 amide bonds. The molecule has 1 aliphatic rings. The van der Waals surface area contributed by atoms with Crippen molar-refractivity contribution in [2.75, 3.05) is 24.6 Å². The van der Waals surface area contributed by atoms with Crippen molar-refractivity contribution in [2.24, 2.45) is 0 Å². The summed E-state index contributed by atoms with van der Waals surface area (Å²) in [6.45, 7) is 5.87. The summed E-state index contributed by atoms with van der Waals surface area (Å²) in [7, 11) is -3.26. The molecule has 1 fully saturated rings. The van der Waals surface area contributed by atoms with Crippen LogP contribution in [0.1, 0.15) is 27.2 Å². The van der Waals surface area contributed by atoms with Gasteiger partial charge in [-0.05, 0) is 20.8 Å². The number of aliphatic carboxylic acids is 1. The summed E-state index contributed by atoms with van der Waals surface area (Å²) in [6, 6.07) is -0.777. The third-order valence-electron chi connectivity index (χ3n) is 3.03. The second kappa shape index (κ2) is 6.09. The molecular weight excluding hydrogens is 284 g/mol. The maximum absolute atomic E-state index is 12.1. The quantitative estimate of drug-likeness (QED) is 0.724. The van der Waals surface area contributed by atoms with Crippen LogP contribution in [0.2, 0.25) is 0 Å². The number of rotatable bonds is 4. The van der Waals surface area contributed by atoms with Gasteiger partial charge in [0.05, 0.1) is 30.5 Å². The molecule has 8 heteroatoms. The van der Waals surface area contributed by atoms with Gasteiger partial charge in [-0.15, -0.1) is 0 Å². The Kier molecular flexibility index (Phi) is 5.15. The predicted octanol–water partition coefficient (Wildman–Crippen LogP) is -0.525. The van der Waals surface area contributed by atoms with E-state index >= 15 is 0 Å². The molecule has 1 saturated heterocycles. The Labute approximate surface area is 119 Å². The Bertz CT molecular complexity index is 481. The topological polar surface area (TPSA) is 104 Å². The largest absolute Gasteiger partial charge is 0.481 e. The Morgan fingerprint density at radius 3 is 2.45 bits per heavy atom. The number of hydrogen-bond donors (Lipinski definition) is 2. The minimum absolute atomic E-state index is 0.0605. The minimum Gasteiger partial charge on any atom is -0.481 e.